The molecule has 0 spiro atoms. The van der Waals surface area contributed by atoms with Gasteiger partial charge in [0, 0.05) is 38.1 Å². The van der Waals surface area contributed by atoms with Crippen molar-refractivity contribution in [2.24, 2.45) is 0 Å². The summed E-state index contributed by atoms with van der Waals surface area (Å²) in [4.78, 5) is 32.9. The molecule has 1 fully saturated rings. The second kappa shape index (κ2) is 8.20. The van der Waals surface area contributed by atoms with Gasteiger partial charge in [-0.15, -0.1) is 0 Å². The molecule has 6 nitrogen and oxygen atoms in total. The fourth-order valence-electron chi connectivity index (χ4n) is 3.27. The Morgan fingerprint density at radius 1 is 1.15 bits per heavy atom. The summed E-state index contributed by atoms with van der Waals surface area (Å²) in [5.41, 5.74) is 4.21. The third kappa shape index (κ3) is 4.64. The van der Waals surface area contributed by atoms with Crippen LogP contribution in [0, 0.1) is 13.8 Å². The molecular formula is C21H26N4O2. The number of hydrogen-bond acceptors (Lipinski definition) is 3. The van der Waals surface area contributed by atoms with Gasteiger partial charge in [0.25, 0.3) is 0 Å². The van der Waals surface area contributed by atoms with E-state index in [-0.39, 0.29) is 11.9 Å². The van der Waals surface area contributed by atoms with Gasteiger partial charge in [-0.05, 0) is 44.0 Å². The van der Waals surface area contributed by atoms with Gasteiger partial charge in [0.1, 0.15) is 6.04 Å². The lowest BCUT2D eigenvalue weighted by Crippen LogP contribution is -2.59. The predicted molar refractivity (Wildman–Crippen MR) is 104 cm³/mol. The molecule has 1 aliphatic rings. The van der Waals surface area contributed by atoms with Crippen LogP contribution in [0.1, 0.15) is 29.3 Å². The van der Waals surface area contributed by atoms with Crippen molar-refractivity contribution >= 4 is 11.9 Å². The van der Waals surface area contributed by atoms with Gasteiger partial charge in [-0.2, -0.15) is 0 Å². The van der Waals surface area contributed by atoms with Gasteiger partial charge in [0.2, 0.25) is 5.91 Å². The number of piperazine rings is 1. The molecule has 3 amide bonds. The zero-order chi connectivity index (χ0) is 19.4. The summed E-state index contributed by atoms with van der Waals surface area (Å²) < 4.78 is 0. The molecule has 0 radical (unpaired) electrons. The van der Waals surface area contributed by atoms with E-state index in [1.807, 2.05) is 55.1 Å². The number of carbonyl (C=O) groups is 2. The van der Waals surface area contributed by atoms with Crippen LogP contribution in [0.25, 0.3) is 0 Å². The van der Waals surface area contributed by atoms with E-state index in [0.29, 0.717) is 26.2 Å². The normalized spacial score (nSPS) is 17.1. The maximum Gasteiger partial charge on any atom is 0.318 e. The Morgan fingerprint density at radius 3 is 2.59 bits per heavy atom. The van der Waals surface area contributed by atoms with Crippen LogP contribution in [0.5, 0.6) is 0 Å². The zero-order valence-electron chi connectivity index (χ0n) is 16.1. The van der Waals surface area contributed by atoms with Crippen molar-refractivity contribution < 1.29 is 9.59 Å². The number of amides is 3. The number of nitrogens with zero attached hydrogens (tertiary/aromatic N) is 3. The minimum Gasteiger partial charge on any atom is -0.335 e. The molecule has 2 heterocycles. The first kappa shape index (κ1) is 18.9. The molecule has 142 valence electrons. The highest BCUT2D eigenvalue weighted by atomic mass is 16.2. The van der Waals surface area contributed by atoms with Gasteiger partial charge < -0.3 is 15.1 Å². The quantitative estimate of drug-likeness (QED) is 0.905. The smallest absolute Gasteiger partial charge is 0.318 e. The van der Waals surface area contributed by atoms with E-state index in [1.165, 1.54) is 5.56 Å². The van der Waals surface area contributed by atoms with Crippen LogP contribution >= 0.6 is 0 Å². The predicted octanol–water partition coefficient (Wildman–Crippen LogP) is 2.64. The Bertz CT molecular complexity index is 819. The van der Waals surface area contributed by atoms with Crippen molar-refractivity contribution in [3.05, 3.63) is 65.0 Å². The van der Waals surface area contributed by atoms with E-state index in [4.69, 9.17) is 0 Å². The maximum atomic E-state index is 12.7. The molecule has 27 heavy (non-hydrogen) atoms. The standard InChI is InChI=1S/C21H26N4O2/c1-15-4-6-18(7-5-15)14-24-10-11-25(17(3)20(24)26)21(27)23-13-19-8-9-22-16(2)12-19/h4-9,12,17H,10-11,13-14H2,1-3H3,(H,23,27)/t17-/m0/s1. The molecule has 1 aromatic carbocycles. The summed E-state index contributed by atoms with van der Waals surface area (Å²) in [5.74, 6) is -0.0169. The first-order valence-corrected chi connectivity index (χ1v) is 9.24. The van der Waals surface area contributed by atoms with Crippen molar-refractivity contribution in [1.29, 1.82) is 0 Å². The van der Waals surface area contributed by atoms with Crippen LogP contribution < -0.4 is 5.32 Å². The van der Waals surface area contributed by atoms with E-state index in [2.05, 4.69) is 10.3 Å². The first-order chi connectivity index (χ1) is 12.9. The molecular weight excluding hydrogens is 340 g/mol. The Labute approximate surface area is 160 Å². The van der Waals surface area contributed by atoms with Crippen molar-refractivity contribution in [2.75, 3.05) is 13.1 Å². The molecule has 0 aliphatic carbocycles. The van der Waals surface area contributed by atoms with Crippen molar-refractivity contribution in [1.82, 2.24) is 20.1 Å². The first-order valence-electron chi connectivity index (χ1n) is 9.24. The highest BCUT2D eigenvalue weighted by Gasteiger charge is 2.34. The van der Waals surface area contributed by atoms with Crippen molar-refractivity contribution in [2.45, 2.75) is 39.9 Å². The minimum atomic E-state index is -0.469. The molecule has 1 aromatic heterocycles. The third-order valence-electron chi connectivity index (χ3n) is 4.91. The maximum absolute atomic E-state index is 12.7. The van der Waals surface area contributed by atoms with E-state index in [9.17, 15) is 9.59 Å². The molecule has 1 N–H and O–H groups in total. The van der Waals surface area contributed by atoms with E-state index >= 15 is 0 Å². The Hall–Kier alpha value is -2.89. The number of hydrogen-bond donors (Lipinski definition) is 1. The molecule has 0 unspecified atom stereocenters. The average molecular weight is 366 g/mol. The molecule has 1 saturated heterocycles. The summed E-state index contributed by atoms with van der Waals surface area (Å²) in [6, 6.07) is 11.3. The molecule has 0 saturated carbocycles. The summed E-state index contributed by atoms with van der Waals surface area (Å²) in [7, 11) is 0. The van der Waals surface area contributed by atoms with Crippen LogP contribution in [0.3, 0.4) is 0 Å². The number of aryl methyl sites for hydroxylation is 2. The number of nitrogens with one attached hydrogen (secondary N) is 1. The van der Waals surface area contributed by atoms with E-state index < -0.39 is 6.04 Å². The Kier molecular flexibility index (Phi) is 5.74. The van der Waals surface area contributed by atoms with Crippen molar-refractivity contribution in [3.63, 3.8) is 0 Å². The Balaban J connectivity index is 1.56. The summed E-state index contributed by atoms with van der Waals surface area (Å²) >= 11 is 0. The number of rotatable bonds is 4. The SMILES string of the molecule is Cc1ccc(CN2CCN(C(=O)NCc3ccnc(C)c3)[C@@H](C)C2=O)cc1. The zero-order valence-corrected chi connectivity index (χ0v) is 16.1. The number of aromatic nitrogens is 1. The van der Waals surface area contributed by atoms with Crippen LogP contribution in [0.4, 0.5) is 4.79 Å². The van der Waals surface area contributed by atoms with Gasteiger partial charge in [-0.25, -0.2) is 4.79 Å². The third-order valence-corrected chi connectivity index (χ3v) is 4.91. The van der Waals surface area contributed by atoms with Crippen LogP contribution in [-0.4, -0.2) is 45.9 Å². The lowest BCUT2D eigenvalue weighted by atomic mass is 10.1. The highest BCUT2D eigenvalue weighted by Crippen LogP contribution is 2.15. The summed E-state index contributed by atoms with van der Waals surface area (Å²) in [5, 5.41) is 2.91. The average Bonchev–Trinajstić information content (AvgIpc) is 2.65. The minimum absolute atomic E-state index is 0.0169. The van der Waals surface area contributed by atoms with Gasteiger partial charge in [-0.3, -0.25) is 9.78 Å². The molecule has 2 aromatic rings. The fraction of sp³-hybridized carbons (Fsp3) is 0.381. The molecule has 1 aliphatic heterocycles. The summed E-state index contributed by atoms with van der Waals surface area (Å²) in [6.45, 7) is 7.82. The van der Waals surface area contributed by atoms with Gasteiger partial charge in [0.15, 0.2) is 0 Å². The molecule has 1 atom stereocenters. The second-order valence-corrected chi connectivity index (χ2v) is 7.08. The van der Waals surface area contributed by atoms with Crippen LogP contribution in [0.2, 0.25) is 0 Å². The largest absolute Gasteiger partial charge is 0.335 e. The molecule has 3 rings (SSSR count). The fourth-order valence-corrected chi connectivity index (χ4v) is 3.27. The van der Waals surface area contributed by atoms with Gasteiger partial charge in [-0.1, -0.05) is 29.8 Å². The second-order valence-electron chi connectivity index (χ2n) is 7.08. The highest BCUT2D eigenvalue weighted by molar-refractivity contribution is 5.88. The van der Waals surface area contributed by atoms with E-state index in [0.717, 1.165) is 16.8 Å². The summed E-state index contributed by atoms with van der Waals surface area (Å²) in [6.07, 6.45) is 1.73. The number of pyridine rings is 1. The van der Waals surface area contributed by atoms with Crippen LogP contribution in [0.15, 0.2) is 42.6 Å². The van der Waals surface area contributed by atoms with Crippen LogP contribution in [-0.2, 0) is 17.9 Å². The van der Waals surface area contributed by atoms with Crippen molar-refractivity contribution in [3.8, 4) is 0 Å². The monoisotopic (exact) mass is 366 g/mol. The molecule has 6 heteroatoms. The number of carbonyl (C=O) groups excluding carboxylic acids is 2. The topological polar surface area (TPSA) is 65.5 Å². The Morgan fingerprint density at radius 2 is 1.89 bits per heavy atom. The lowest BCUT2D eigenvalue weighted by Gasteiger charge is -2.39. The van der Waals surface area contributed by atoms with Gasteiger partial charge >= 0.3 is 6.03 Å². The molecule has 0 bridgehead atoms. The number of urea groups is 1. The lowest BCUT2D eigenvalue weighted by molar-refractivity contribution is -0.139. The van der Waals surface area contributed by atoms with E-state index in [1.54, 1.807) is 18.0 Å². The number of benzene rings is 1. The van der Waals surface area contributed by atoms with Gasteiger partial charge in [0.05, 0.1) is 0 Å².